The number of methoxy groups -OCH3 is 3. The van der Waals surface area contributed by atoms with Crippen LogP contribution < -0.4 is 23.8 Å². The molecule has 2 aromatic rings. The van der Waals surface area contributed by atoms with Crippen molar-refractivity contribution < 1.29 is 33.5 Å². The lowest BCUT2D eigenvalue weighted by atomic mass is 10.1. The average molecular weight is 445 g/mol. The zero-order valence-electron chi connectivity index (χ0n) is 18.3. The summed E-state index contributed by atoms with van der Waals surface area (Å²) in [5.41, 5.74) is -0.477. The number of nitrogens with zero attached hydrogens (tertiary/aromatic N) is 3. The molecule has 0 saturated heterocycles. The number of rotatable bonds is 6. The molecule has 11 nitrogen and oxygen atoms in total. The van der Waals surface area contributed by atoms with Crippen LogP contribution in [-0.2, 0) is 4.79 Å². The standard InChI is InChI=1S/C21H23N3O8/c1-22(2)21(26)16-11-23(13-8-6-7-9-14(13)32-16)20(25)12-10-15(29-3)18(30-4)19(31-5)17(12)24(27)28/h6-10,16H,11H2,1-5H3/t16-/m1/s1. The minimum absolute atomic E-state index is 0.0127. The van der Waals surface area contributed by atoms with Gasteiger partial charge in [-0.25, -0.2) is 0 Å². The van der Waals surface area contributed by atoms with Crippen molar-refractivity contribution in [3.63, 3.8) is 0 Å². The number of hydrogen-bond donors (Lipinski definition) is 0. The van der Waals surface area contributed by atoms with Gasteiger partial charge in [-0.05, 0) is 12.1 Å². The molecule has 3 rings (SSSR count). The number of ether oxygens (including phenoxy) is 4. The number of fused-ring (bicyclic) bond motifs is 1. The number of carbonyl (C=O) groups excluding carboxylic acids is 2. The summed E-state index contributed by atoms with van der Waals surface area (Å²) in [5.74, 6) is -0.938. The van der Waals surface area contributed by atoms with Gasteiger partial charge in [-0.1, -0.05) is 12.1 Å². The van der Waals surface area contributed by atoms with Crippen LogP contribution in [0.2, 0.25) is 0 Å². The molecule has 1 heterocycles. The molecule has 0 saturated carbocycles. The molecule has 1 atom stereocenters. The molecule has 0 aliphatic carbocycles. The second-order valence-electron chi connectivity index (χ2n) is 7.02. The summed E-state index contributed by atoms with van der Waals surface area (Å²) in [5, 5.41) is 11.9. The quantitative estimate of drug-likeness (QED) is 0.490. The molecule has 0 aromatic heterocycles. The fraction of sp³-hybridized carbons (Fsp3) is 0.333. The van der Waals surface area contributed by atoms with Gasteiger partial charge in [0, 0.05) is 20.2 Å². The van der Waals surface area contributed by atoms with Crippen LogP contribution in [0.15, 0.2) is 30.3 Å². The monoisotopic (exact) mass is 445 g/mol. The van der Waals surface area contributed by atoms with E-state index >= 15 is 0 Å². The first kappa shape index (κ1) is 22.7. The van der Waals surface area contributed by atoms with Crippen molar-refractivity contribution in [3.8, 4) is 23.0 Å². The Bertz CT molecular complexity index is 1070. The number of para-hydroxylation sites is 2. The molecule has 0 unspecified atom stereocenters. The Morgan fingerprint density at radius 2 is 1.78 bits per heavy atom. The van der Waals surface area contributed by atoms with Crippen LogP contribution in [0.5, 0.6) is 23.0 Å². The summed E-state index contributed by atoms with van der Waals surface area (Å²) in [6, 6.07) is 7.87. The largest absolute Gasteiger partial charge is 0.493 e. The van der Waals surface area contributed by atoms with Crippen LogP contribution in [0.1, 0.15) is 10.4 Å². The molecule has 11 heteroatoms. The third-order valence-electron chi connectivity index (χ3n) is 4.95. The lowest BCUT2D eigenvalue weighted by Crippen LogP contribution is -2.50. The zero-order valence-corrected chi connectivity index (χ0v) is 18.3. The highest BCUT2D eigenvalue weighted by Gasteiger charge is 2.39. The highest BCUT2D eigenvalue weighted by Crippen LogP contribution is 2.47. The smallest absolute Gasteiger partial charge is 0.327 e. The topological polar surface area (TPSA) is 121 Å². The van der Waals surface area contributed by atoms with Gasteiger partial charge in [0.05, 0.1) is 38.5 Å². The molecule has 0 radical (unpaired) electrons. The first-order valence-electron chi connectivity index (χ1n) is 9.51. The molecule has 2 amide bonds. The molecule has 0 fully saturated rings. The lowest BCUT2D eigenvalue weighted by Gasteiger charge is -2.35. The van der Waals surface area contributed by atoms with Crippen molar-refractivity contribution in [2.24, 2.45) is 0 Å². The van der Waals surface area contributed by atoms with Gasteiger partial charge in [-0.15, -0.1) is 0 Å². The molecule has 2 aromatic carbocycles. The number of hydrogen-bond acceptors (Lipinski definition) is 8. The number of carbonyl (C=O) groups is 2. The van der Waals surface area contributed by atoms with Crippen LogP contribution in [0.4, 0.5) is 11.4 Å². The van der Waals surface area contributed by atoms with Crippen molar-refractivity contribution in [2.45, 2.75) is 6.10 Å². The fourth-order valence-electron chi connectivity index (χ4n) is 3.47. The second kappa shape index (κ2) is 9.00. The Hall–Kier alpha value is -4.02. The summed E-state index contributed by atoms with van der Waals surface area (Å²) < 4.78 is 21.5. The number of amides is 2. The van der Waals surface area contributed by atoms with Crippen molar-refractivity contribution >= 4 is 23.2 Å². The average Bonchev–Trinajstić information content (AvgIpc) is 2.80. The fourth-order valence-corrected chi connectivity index (χ4v) is 3.47. The van der Waals surface area contributed by atoms with Gasteiger partial charge in [0.1, 0.15) is 11.3 Å². The van der Waals surface area contributed by atoms with E-state index in [1.165, 1.54) is 37.2 Å². The van der Waals surface area contributed by atoms with Crippen LogP contribution in [0.3, 0.4) is 0 Å². The van der Waals surface area contributed by atoms with Gasteiger partial charge in [-0.2, -0.15) is 0 Å². The summed E-state index contributed by atoms with van der Waals surface area (Å²) in [6.07, 6.45) is -0.982. The normalized spacial score (nSPS) is 14.7. The SMILES string of the molecule is COc1cc(C(=O)N2C[C@H](C(=O)N(C)C)Oc3ccccc32)c([N+](=O)[O-])c(OC)c1OC. The van der Waals surface area contributed by atoms with Gasteiger partial charge in [0.2, 0.25) is 11.5 Å². The van der Waals surface area contributed by atoms with Gasteiger partial charge < -0.3 is 28.7 Å². The second-order valence-corrected chi connectivity index (χ2v) is 7.02. The molecule has 0 spiro atoms. The van der Waals surface area contributed by atoms with Crippen molar-refractivity contribution in [1.82, 2.24) is 4.90 Å². The summed E-state index contributed by atoms with van der Waals surface area (Å²) in [6.45, 7) is -0.138. The Morgan fingerprint density at radius 1 is 1.12 bits per heavy atom. The van der Waals surface area contributed by atoms with Crippen molar-refractivity contribution in [2.75, 3.05) is 46.9 Å². The number of nitro benzene ring substituents is 1. The maximum Gasteiger partial charge on any atom is 0.327 e. The molecule has 170 valence electrons. The molecular weight excluding hydrogens is 422 g/mol. The van der Waals surface area contributed by atoms with E-state index in [9.17, 15) is 19.7 Å². The van der Waals surface area contributed by atoms with E-state index in [0.29, 0.717) is 11.4 Å². The molecule has 0 bridgehead atoms. The predicted octanol–water partition coefficient (Wildman–Crippen LogP) is 2.12. The third-order valence-corrected chi connectivity index (χ3v) is 4.95. The van der Waals surface area contributed by atoms with Gasteiger partial charge in [0.15, 0.2) is 11.9 Å². The van der Waals surface area contributed by atoms with Crippen LogP contribution in [0.25, 0.3) is 0 Å². The molecular formula is C21H23N3O8. The Labute approximate surface area is 184 Å². The maximum absolute atomic E-state index is 13.7. The van der Waals surface area contributed by atoms with Gasteiger partial charge in [0.25, 0.3) is 11.8 Å². The van der Waals surface area contributed by atoms with E-state index in [-0.39, 0.29) is 35.3 Å². The first-order chi connectivity index (χ1) is 15.2. The highest BCUT2D eigenvalue weighted by atomic mass is 16.6. The Morgan fingerprint density at radius 3 is 2.34 bits per heavy atom. The molecule has 1 aliphatic rings. The number of benzene rings is 2. The first-order valence-corrected chi connectivity index (χ1v) is 9.51. The van der Waals surface area contributed by atoms with Gasteiger partial charge in [-0.3, -0.25) is 19.7 Å². The zero-order chi connectivity index (χ0) is 23.6. The number of anilines is 1. The van der Waals surface area contributed by atoms with Crippen molar-refractivity contribution in [3.05, 3.63) is 46.0 Å². The maximum atomic E-state index is 13.7. The molecule has 0 N–H and O–H groups in total. The van der Waals surface area contributed by atoms with E-state index in [0.717, 1.165) is 0 Å². The Balaban J connectivity index is 2.19. The van der Waals surface area contributed by atoms with Crippen LogP contribution in [0, 0.1) is 10.1 Å². The Kier molecular flexibility index (Phi) is 6.37. The molecule has 32 heavy (non-hydrogen) atoms. The lowest BCUT2D eigenvalue weighted by molar-refractivity contribution is -0.386. The van der Waals surface area contributed by atoms with Crippen LogP contribution >= 0.6 is 0 Å². The number of nitro groups is 1. The van der Waals surface area contributed by atoms with E-state index in [1.54, 1.807) is 38.4 Å². The minimum atomic E-state index is -0.982. The summed E-state index contributed by atoms with van der Waals surface area (Å²) in [4.78, 5) is 40.1. The van der Waals surface area contributed by atoms with Gasteiger partial charge >= 0.3 is 5.69 Å². The summed E-state index contributed by atoms with van der Waals surface area (Å²) >= 11 is 0. The number of likely N-dealkylation sites (N-methyl/N-ethyl adjacent to an activating group) is 1. The highest BCUT2D eigenvalue weighted by molar-refractivity contribution is 6.11. The molecule has 1 aliphatic heterocycles. The minimum Gasteiger partial charge on any atom is -0.493 e. The van der Waals surface area contributed by atoms with E-state index in [2.05, 4.69) is 0 Å². The van der Waals surface area contributed by atoms with Crippen LogP contribution in [-0.4, -0.2) is 69.7 Å². The third kappa shape index (κ3) is 3.84. The van der Waals surface area contributed by atoms with Crippen molar-refractivity contribution in [1.29, 1.82) is 0 Å². The van der Waals surface area contributed by atoms with E-state index in [1.807, 2.05) is 0 Å². The predicted molar refractivity (Wildman–Crippen MR) is 114 cm³/mol. The van der Waals surface area contributed by atoms with E-state index < -0.39 is 22.6 Å². The summed E-state index contributed by atoms with van der Waals surface area (Å²) in [7, 11) is 7.02. The van der Waals surface area contributed by atoms with E-state index in [4.69, 9.17) is 18.9 Å².